The van der Waals surface area contributed by atoms with E-state index in [2.05, 4.69) is 33.2 Å². The van der Waals surface area contributed by atoms with E-state index in [4.69, 9.17) is 11.6 Å². The van der Waals surface area contributed by atoms with Crippen molar-refractivity contribution in [1.82, 2.24) is 15.6 Å². The average molecular weight is 335 g/mol. The minimum absolute atomic E-state index is 0.0610. The van der Waals surface area contributed by atoms with Gasteiger partial charge in [-0.2, -0.15) is 0 Å². The van der Waals surface area contributed by atoms with Crippen LogP contribution in [0.4, 0.5) is 0 Å². The number of nitrogens with zero attached hydrogens (tertiary/aromatic N) is 1. The number of aryl methyl sites for hydroxylation is 1. The molecule has 1 aromatic rings. The Morgan fingerprint density at radius 2 is 2.20 bits per heavy atom. The zero-order valence-corrected chi connectivity index (χ0v) is 13.4. The van der Waals surface area contributed by atoms with Crippen LogP contribution in [0.15, 0.2) is 26.9 Å². The van der Waals surface area contributed by atoms with Crippen molar-refractivity contribution >= 4 is 40.2 Å². The highest BCUT2D eigenvalue weighted by molar-refractivity contribution is 7.91. The molecule has 1 atom stereocenters. The lowest BCUT2D eigenvalue weighted by atomic mass is 10.2. The molecule has 0 aromatic heterocycles. The fourth-order valence-corrected chi connectivity index (χ4v) is 3.54. The second-order valence-corrected chi connectivity index (χ2v) is 7.07. The van der Waals surface area contributed by atoms with Gasteiger partial charge in [-0.3, -0.25) is 5.43 Å². The minimum atomic E-state index is -3.77. The van der Waals surface area contributed by atoms with E-state index in [9.17, 15) is 8.42 Å². The van der Waals surface area contributed by atoms with Gasteiger partial charge in [0.15, 0.2) is 0 Å². The van der Waals surface area contributed by atoms with Crippen molar-refractivity contribution in [2.45, 2.75) is 29.7 Å². The van der Waals surface area contributed by atoms with Gasteiger partial charge in [0.25, 0.3) is 10.0 Å². The van der Waals surface area contributed by atoms with Crippen LogP contribution in [-0.2, 0) is 10.0 Å². The van der Waals surface area contributed by atoms with Gasteiger partial charge in [0.2, 0.25) is 5.96 Å². The maximum Gasteiger partial charge on any atom is 0.265 e. The molecule has 0 spiro atoms. The summed E-state index contributed by atoms with van der Waals surface area (Å²) in [4.78, 5) is 4.44. The van der Waals surface area contributed by atoms with Crippen molar-refractivity contribution in [2.24, 2.45) is 4.99 Å². The van der Waals surface area contributed by atoms with E-state index in [1.54, 1.807) is 6.92 Å². The lowest BCUT2D eigenvalue weighted by molar-refractivity contribution is 0.498. The first-order valence-corrected chi connectivity index (χ1v) is 8.18. The number of hydrogen-bond donors (Lipinski definition) is 4. The van der Waals surface area contributed by atoms with Gasteiger partial charge < -0.3 is 0 Å². The summed E-state index contributed by atoms with van der Waals surface area (Å²) in [5, 5.41) is 0.470. The molecule has 0 radical (unpaired) electrons. The van der Waals surface area contributed by atoms with Gasteiger partial charge in [-0.1, -0.05) is 11.6 Å². The Morgan fingerprint density at radius 3 is 2.80 bits per heavy atom. The fraction of sp³-hybridized carbons (Fsp3) is 0.364. The van der Waals surface area contributed by atoms with E-state index in [1.165, 1.54) is 12.1 Å². The van der Waals surface area contributed by atoms with E-state index < -0.39 is 10.0 Å². The highest BCUT2D eigenvalue weighted by atomic mass is 35.5. The van der Waals surface area contributed by atoms with E-state index >= 15 is 0 Å². The SMILES string of the molecule is Cc1cc(S(=O)(=O)NC2=NCC(C)NN2)c(S)cc1Cl. The van der Waals surface area contributed by atoms with Gasteiger partial charge in [-0.25, -0.2) is 23.6 Å². The van der Waals surface area contributed by atoms with Crippen LogP contribution in [0.5, 0.6) is 0 Å². The molecule has 2 rings (SSSR count). The van der Waals surface area contributed by atoms with Crippen LogP contribution < -0.4 is 15.6 Å². The molecule has 0 fully saturated rings. The van der Waals surface area contributed by atoms with Crippen molar-refractivity contribution < 1.29 is 8.42 Å². The van der Waals surface area contributed by atoms with Gasteiger partial charge in [-0.15, -0.1) is 12.6 Å². The van der Waals surface area contributed by atoms with E-state index in [1.807, 2.05) is 6.92 Å². The van der Waals surface area contributed by atoms with Crippen LogP contribution >= 0.6 is 24.2 Å². The molecule has 110 valence electrons. The predicted octanol–water partition coefficient (Wildman–Crippen LogP) is 1.07. The Hall–Kier alpha value is -0.960. The summed E-state index contributed by atoms with van der Waals surface area (Å²) in [6.07, 6.45) is 0. The number of nitrogens with one attached hydrogen (secondary N) is 3. The molecule has 0 aliphatic carbocycles. The number of benzene rings is 1. The molecule has 1 heterocycles. The molecule has 1 unspecified atom stereocenters. The molecule has 3 N–H and O–H groups in total. The number of guanidine groups is 1. The molecule has 1 aromatic carbocycles. The highest BCUT2D eigenvalue weighted by Gasteiger charge is 2.22. The fourth-order valence-electron chi connectivity index (χ4n) is 1.60. The first-order chi connectivity index (χ1) is 9.29. The summed E-state index contributed by atoms with van der Waals surface area (Å²) < 4.78 is 27.0. The van der Waals surface area contributed by atoms with Crippen molar-refractivity contribution in [3.05, 3.63) is 22.7 Å². The number of hydrogen-bond acceptors (Lipinski definition) is 6. The molecule has 0 saturated heterocycles. The topological polar surface area (TPSA) is 82.6 Å². The largest absolute Gasteiger partial charge is 0.291 e. The molecule has 1 aliphatic rings. The summed E-state index contributed by atoms with van der Waals surface area (Å²) >= 11 is 10.1. The van der Waals surface area contributed by atoms with Gasteiger partial charge in [-0.05, 0) is 31.5 Å². The summed E-state index contributed by atoms with van der Waals surface area (Å²) in [6, 6.07) is 3.12. The van der Waals surface area contributed by atoms with Crippen LogP contribution in [0.1, 0.15) is 12.5 Å². The summed E-state index contributed by atoms with van der Waals surface area (Å²) in [6.45, 7) is 4.14. The molecular weight excluding hydrogens is 320 g/mol. The van der Waals surface area contributed by atoms with Gasteiger partial charge >= 0.3 is 0 Å². The average Bonchev–Trinajstić information content (AvgIpc) is 2.36. The number of aliphatic imine (C=N–C) groups is 1. The number of halogens is 1. The third kappa shape index (κ3) is 3.38. The van der Waals surface area contributed by atoms with Crippen molar-refractivity contribution in [1.29, 1.82) is 0 Å². The van der Waals surface area contributed by atoms with E-state index in [0.717, 1.165) is 0 Å². The standard InChI is InChI=1S/C11H15ClN4O2S2/c1-6-3-10(9(19)4-8(6)12)20(17,18)16-11-13-5-7(2)14-15-11/h3-4,7,14,19H,5H2,1-2H3,(H2,13,15,16). The quantitative estimate of drug-likeness (QED) is 0.610. The smallest absolute Gasteiger partial charge is 0.265 e. The molecule has 1 aliphatic heterocycles. The third-order valence-corrected chi connectivity index (χ3v) is 5.03. The Balaban J connectivity index is 2.29. The first kappa shape index (κ1) is 15.4. The Morgan fingerprint density at radius 1 is 1.50 bits per heavy atom. The Bertz CT molecular complexity index is 661. The van der Waals surface area contributed by atoms with Crippen LogP contribution in [0, 0.1) is 6.92 Å². The first-order valence-electron chi connectivity index (χ1n) is 5.87. The normalized spacial score (nSPS) is 19.2. The molecule has 0 saturated carbocycles. The molecule has 0 amide bonds. The monoisotopic (exact) mass is 334 g/mol. The Labute approximate surface area is 128 Å². The van der Waals surface area contributed by atoms with E-state index in [0.29, 0.717) is 17.1 Å². The van der Waals surface area contributed by atoms with Crippen molar-refractivity contribution in [2.75, 3.05) is 6.54 Å². The number of sulfonamides is 1. The van der Waals surface area contributed by atoms with Gasteiger partial charge in [0.05, 0.1) is 6.54 Å². The van der Waals surface area contributed by atoms with Crippen LogP contribution in [0.25, 0.3) is 0 Å². The molecule has 9 heteroatoms. The minimum Gasteiger partial charge on any atom is -0.291 e. The van der Waals surface area contributed by atoms with Crippen molar-refractivity contribution in [3.63, 3.8) is 0 Å². The maximum absolute atomic E-state index is 12.3. The summed E-state index contributed by atoms with van der Waals surface area (Å²) in [5.41, 5.74) is 6.25. The number of thiol groups is 1. The predicted molar refractivity (Wildman–Crippen MR) is 81.8 cm³/mol. The molecule has 0 bridgehead atoms. The summed E-state index contributed by atoms with van der Waals surface area (Å²) in [5.74, 6) is 0.156. The lowest BCUT2D eigenvalue weighted by Crippen LogP contribution is -2.54. The zero-order chi connectivity index (χ0) is 14.9. The van der Waals surface area contributed by atoms with E-state index in [-0.39, 0.29) is 21.8 Å². The van der Waals surface area contributed by atoms with Crippen LogP contribution in [0.2, 0.25) is 5.02 Å². The second-order valence-electron chi connectivity index (χ2n) is 4.53. The lowest BCUT2D eigenvalue weighted by Gasteiger charge is -2.22. The third-order valence-electron chi connectivity index (χ3n) is 2.72. The van der Waals surface area contributed by atoms with Crippen LogP contribution in [-0.4, -0.2) is 27.0 Å². The molecule has 20 heavy (non-hydrogen) atoms. The Kier molecular flexibility index (Phi) is 4.48. The van der Waals surface area contributed by atoms with Crippen molar-refractivity contribution in [3.8, 4) is 0 Å². The van der Waals surface area contributed by atoms with Crippen LogP contribution in [0.3, 0.4) is 0 Å². The van der Waals surface area contributed by atoms with Gasteiger partial charge in [0.1, 0.15) is 4.90 Å². The number of rotatable bonds is 2. The molecular formula is C11H15ClN4O2S2. The zero-order valence-electron chi connectivity index (χ0n) is 10.9. The highest BCUT2D eigenvalue weighted by Crippen LogP contribution is 2.26. The summed E-state index contributed by atoms with van der Waals surface area (Å²) in [7, 11) is -3.77. The maximum atomic E-state index is 12.3. The molecule has 6 nitrogen and oxygen atoms in total. The number of hydrazine groups is 1. The second kappa shape index (κ2) is 5.80. The van der Waals surface area contributed by atoms with Gasteiger partial charge in [0, 0.05) is 16.0 Å².